The molecule has 0 aliphatic carbocycles. The van der Waals surface area contributed by atoms with Crippen molar-refractivity contribution in [2.24, 2.45) is 0 Å². The maximum atomic E-state index is 16.2. The van der Waals surface area contributed by atoms with Gasteiger partial charge in [-0.05, 0) is 96.8 Å². The van der Waals surface area contributed by atoms with Crippen LogP contribution in [0.15, 0.2) is 113 Å². The Kier molecular flexibility index (Phi) is 16.4. The maximum Gasteiger partial charge on any atom is 0.407 e. The molecular formula is C49H54N10O13S2. The zero-order valence-corrected chi connectivity index (χ0v) is 42.7. The molecule has 2 heterocycles. The van der Waals surface area contributed by atoms with Crippen molar-refractivity contribution in [1.82, 2.24) is 50.4 Å². The van der Waals surface area contributed by atoms with Crippen LogP contribution in [0.1, 0.15) is 49.3 Å². The van der Waals surface area contributed by atoms with Gasteiger partial charge in [-0.3, -0.25) is 0 Å². The van der Waals surface area contributed by atoms with E-state index in [1.54, 1.807) is 112 Å². The zero-order valence-electron chi connectivity index (χ0n) is 41.0. The number of alkyl carbamates (subject to hydrolysis) is 1. The first-order valence-corrected chi connectivity index (χ1v) is 25.8. The van der Waals surface area contributed by atoms with E-state index in [2.05, 4.69) is 31.2 Å². The van der Waals surface area contributed by atoms with Crippen LogP contribution in [0, 0.1) is 0 Å². The molecular weight excluding hydrogens is 1000 g/mol. The molecule has 0 aliphatic heterocycles. The quantitative estimate of drug-likeness (QED) is 0.0465. The molecule has 6 N–H and O–H groups in total. The second-order valence-electron chi connectivity index (χ2n) is 17.5. The SMILES string of the molecule is COc1ccc(CN(Cc2ccc(OC)cc2)S(=O)(=O)c2c(S(=O)(=O)CCNC(=O)OC(C)(C)C)ccc(-c3cccc4[nH]c([C@H](CNC(=O)O)NC(=O)O)nc34)c2-c2nnn(Cc3ccc(OC)cc3)n2)cc1. The minimum Gasteiger partial charge on any atom is -0.497 e. The van der Waals surface area contributed by atoms with E-state index >= 15 is 8.42 Å². The summed E-state index contributed by atoms with van der Waals surface area (Å²) >= 11 is 0. The number of benzene rings is 5. The number of carbonyl (C=O) groups excluding carboxylic acids is 1. The number of imidazole rings is 1. The number of amides is 3. The number of rotatable bonds is 21. The molecule has 2 aromatic heterocycles. The van der Waals surface area contributed by atoms with Crippen LogP contribution in [0.5, 0.6) is 17.2 Å². The highest BCUT2D eigenvalue weighted by Crippen LogP contribution is 2.43. The molecule has 0 saturated heterocycles. The Balaban J connectivity index is 1.51. The largest absolute Gasteiger partial charge is 0.497 e. The molecule has 1 atom stereocenters. The molecule has 25 heteroatoms. The third-order valence-electron chi connectivity index (χ3n) is 11.2. The number of hydrogen-bond acceptors (Lipinski definition) is 15. The normalized spacial score (nSPS) is 12.3. The lowest BCUT2D eigenvalue weighted by molar-refractivity contribution is 0.0531. The summed E-state index contributed by atoms with van der Waals surface area (Å²) in [6, 6.07) is 26.4. The van der Waals surface area contributed by atoms with E-state index in [1.165, 1.54) is 32.2 Å². The zero-order chi connectivity index (χ0) is 53.4. The summed E-state index contributed by atoms with van der Waals surface area (Å²) in [5, 5.41) is 39.3. The minimum absolute atomic E-state index is 0.0107. The fourth-order valence-corrected chi connectivity index (χ4v) is 11.4. The van der Waals surface area contributed by atoms with Gasteiger partial charge in [-0.25, -0.2) is 36.2 Å². The molecule has 0 saturated carbocycles. The van der Waals surface area contributed by atoms with Crippen LogP contribution in [0.2, 0.25) is 0 Å². The van der Waals surface area contributed by atoms with Crippen molar-refractivity contribution < 1.29 is 60.4 Å². The highest BCUT2D eigenvalue weighted by atomic mass is 32.2. The van der Waals surface area contributed by atoms with Gasteiger partial charge in [0.15, 0.2) is 9.84 Å². The summed E-state index contributed by atoms with van der Waals surface area (Å²) < 4.78 is 84.8. The van der Waals surface area contributed by atoms with Crippen LogP contribution >= 0.6 is 0 Å². The van der Waals surface area contributed by atoms with Crippen LogP contribution in [-0.4, -0.2) is 126 Å². The standard InChI is InChI=1S/C49H54N10O13S2/c1-49(2,3)72-48(64)50-24-25-73(65,66)40-23-22-36(37-8-7-9-38-42(37)54-44(52-38)39(53-47(62)63)26-51-46(60)61)41(45-55-57-59(56-45)29-32-14-20-35(71-6)21-15-32)43(40)74(67,68)58(27-30-10-16-33(69-4)17-11-30)28-31-12-18-34(70-5)19-13-31/h7-23,39,51,53H,24-29H2,1-6H3,(H,50,64)(H,52,54)(H,60,61)(H,62,63)/t39-/m0/s1. The van der Waals surface area contributed by atoms with Crippen LogP contribution < -0.4 is 30.2 Å². The Morgan fingerprint density at radius 1 is 0.743 bits per heavy atom. The molecule has 390 valence electrons. The summed E-state index contributed by atoms with van der Waals surface area (Å²) in [5.41, 5.74) is 1.22. The molecule has 7 rings (SSSR count). The van der Waals surface area contributed by atoms with Gasteiger partial charge in [0.2, 0.25) is 15.8 Å². The average molecular weight is 1060 g/mol. The lowest BCUT2D eigenvalue weighted by Gasteiger charge is -2.26. The topological polar surface area (TPSA) is 308 Å². The highest BCUT2D eigenvalue weighted by molar-refractivity contribution is 7.93. The first-order chi connectivity index (χ1) is 35.2. The molecule has 23 nitrogen and oxygen atoms in total. The summed E-state index contributed by atoms with van der Waals surface area (Å²) in [7, 11) is -5.29. The number of ether oxygens (including phenoxy) is 4. The molecule has 0 radical (unpaired) electrons. The Morgan fingerprint density at radius 3 is 1.86 bits per heavy atom. The number of para-hydroxylation sites is 1. The van der Waals surface area contributed by atoms with Gasteiger partial charge in [-0.1, -0.05) is 54.6 Å². The number of hydrogen-bond donors (Lipinski definition) is 6. The predicted octanol–water partition coefficient (Wildman–Crippen LogP) is 6.22. The Hall–Kier alpha value is -8.29. The van der Waals surface area contributed by atoms with Gasteiger partial charge in [-0.15, -0.1) is 10.2 Å². The maximum absolute atomic E-state index is 16.2. The summed E-state index contributed by atoms with van der Waals surface area (Å²) in [4.78, 5) is 43.7. The Labute approximate surface area is 425 Å². The highest BCUT2D eigenvalue weighted by Gasteiger charge is 2.38. The lowest BCUT2D eigenvalue weighted by Crippen LogP contribution is -2.37. The van der Waals surface area contributed by atoms with E-state index in [4.69, 9.17) is 29.0 Å². The van der Waals surface area contributed by atoms with Crippen LogP contribution in [0.25, 0.3) is 33.5 Å². The molecule has 5 aromatic carbocycles. The van der Waals surface area contributed by atoms with Crippen molar-refractivity contribution in [3.63, 3.8) is 0 Å². The van der Waals surface area contributed by atoms with Gasteiger partial charge in [-0.2, -0.15) is 9.10 Å². The van der Waals surface area contributed by atoms with Crippen LogP contribution in [0.3, 0.4) is 0 Å². The van der Waals surface area contributed by atoms with Crippen molar-refractivity contribution in [3.05, 3.63) is 126 Å². The number of sulfonamides is 1. The fourth-order valence-electron chi connectivity index (χ4n) is 7.74. The van der Waals surface area contributed by atoms with Crippen molar-refractivity contribution in [2.45, 2.75) is 61.8 Å². The molecule has 0 unspecified atom stereocenters. The van der Waals surface area contributed by atoms with E-state index in [0.717, 1.165) is 10.4 Å². The number of carboxylic acid groups (broad SMARTS) is 2. The van der Waals surface area contributed by atoms with Crippen molar-refractivity contribution in [2.75, 3.05) is 40.2 Å². The van der Waals surface area contributed by atoms with E-state index in [0.29, 0.717) is 39.5 Å². The van der Waals surface area contributed by atoms with Gasteiger partial charge < -0.3 is 50.1 Å². The number of aromatic amines is 1. The lowest BCUT2D eigenvalue weighted by atomic mass is 9.98. The van der Waals surface area contributed by atoms with Gasteiger partial charge >= 0.3 is 18.3 Å². The number of nitrogens with zero attached hydrogens (tertiary/aromatic N) is 6. The first kappa shape index (κ1) is 53.5. The molecule has 0 spiro atoms. The number of H-pyrrole nitrogens is 1. The fraction of sp³-hybridized carbons (Fsp3) is 0.286. The average Bonchev–Trinajstić information content (AvgIpc) is 4.02. The number of methoxy groups -OCH3 is 3. The summed E-state index contributed by atoms with van der Waals surface area (Å²) in [6.45, 7) is 3.45. The second-order valence-corrected chi connectivity index (χ2v) is 21.5. The van der Waals surface area contributed by atoms with Gasteiger partial charge in [0.1, 0.15) is 39.6 Å². The van der Waals surface area contributed by atoms with Crippen molar-refractivity contribution in [3.8, 4) is 39.8 Å². The molecule has 74 heavy (non-hydrogen) atoms. The van der Waals surface area contributed by atoms with Gasteiger partial charge in [0.25, 0.3) is 0 Å². The third kappa shape index (κ3) is 13.0. The number of nitrogens with one attached hydrogen (secondary N) is 4. The van der Waals surface area contributed by atoms with E-state index in [-0.39, 0.29) is 53.5 Å². The van der Waals surface area contributed by atoms with Crippen molar-refractivity contribution >= 4 is 49.2 Å². The number of aromatic nitrogens is 6. The third-order valence-corrected chi connectivity index (χ3v) is 15.0. The number of tetrazole rings is 1. The Morgan fingerprint density at radius 2 is 1.32 bits per heavy atom. The van der Waals surface area contributed by atoms with E-state index in [9.17, 15) is 33.0 Å². The van der Waals surface area contributed by atoms with Crippen molar-refractivity contribution in [1.29, 1.82) is 0 Å². The second kappa shape index (κ2) is 22.6. The number of fused-ring (bicyclic) bond motifs is 1. The predicted molar refractivity (Wildman–Crippen MR) is 269 cm³/mol. The van der Waals surface area contributed by atoms with E-state index in [1.807, 2.05) is 0 Å². The molecule has 3 amide bonds. The molecule has 0 aliphatic rings. The Bertz CT molecular complexity index is 3310. The smallest absolute Gasteiger partial charge is 0.407 e. The van der Waals surface area contributed by atoms with Crippen LogP contribution in [0.4, 0.5) is 14.4 Å². The van der Waals surface area contributed by atoms with Gasteiger partial charge in [0.05, 0.1) is 55.1 Å². The summed E-state index contributed by atoms with van der Waals surface area (Å²) in [6.07, 6.45) is -3.80. The molecule has 7 aromatic rings. The minimum atomic E-state index is -5.08. The number of sulfone groups is 1. The number of carbonyl (C=O) groups is 3. The molecule has 0 bridgehead atoms. The van der Waals surface area contributed by atoms with E-state index < -0.39 is 78.4 Å². The summed E-state index contributed by atoms with van der Waals surface area (Å²) in [5.74, 6) is 0.487. The first-order valence-electron chi connectivity index (χ1n) is 22.7. The monoisotopic (exact) mass is 1050 g/mol. The molecule has 0 fully saturated rings. The van der Waals surface area contributed by atoms with Gasteiger partial charge in [0, 0.05) is 31.7 Å². The van der Waals surface area contributed by atoms with Crippen LogP contribution in [-0.2, 0) is 44.2 Å².